The van der Waals surface area contributed by atoms with E-state index < -0.39 is 21.8 Å². The molecular formula is C22H18F3N5O3S. The van der Waals surface area contributed by atoms with E-state index in [9.17, 15) is 21.6 Å². The molecule has 1 N–H and O–H groups in total. The third-order valence-electron chi connectivity index (χ3n) is 4.95. The number of nitrogens with one attached hydrogen (secondary N) is 1. The Morgan fingerprint density at radius 1 is 0.941 bits per heavy atom. The summed E-state index contributed by atoms with van der Waals surface area (Å²) in [5.74, 6) is 1.23. The molecule has 0 aliphatic carbocycles. The topological polar surface area (TPSA) is 99.0 Å². The molecule has 0 unspecified atom stereocenters. The van der Waals surface area contributed by atoms with Crippen LogP contribution in [-0.4, -0.2) is 27.9 Å². The fraction of sp³-hybridized carbons (Fsp3) is 0.136. The van der Waals surface area contributed by atoms with Crippen molar-refractivity contribution < 1.29 is 26.3 Å². The maximum atomic E-state index is 12.7. The van der Waals surface area contributed by atoms with Crippen molar-refractivity contribution >= 4 is 15.7 Å². The van der Waals surface area contributed by atoms with Crippen molar-refractivity contribution in [1.29, 1.82) is 0 Å². The molecule has 0 saturated heterocycles. The van der Waals surface area contributed by atoms with Gasteiger partial charge in [-0.05, 0) is 62.4 Å². The van der Waals surface area contributed by atoms with Gasteiger partial charge >= 0.3 is 6.18 Å². The number of hydrogen-bond acceptors (Lipinski definition) is 6. The van der Waals surface area contributed by atoms with Crippen molar-refractivity contribution in [3.8, 4) is 17.4 Å². The van der Waals surface area contributed by atoms with E-state index in [2.05, 4.69) is 19.7 Å². The summed E-state index contributed by atoms with van der Waals surface area (Å²) >= 11 is 0. The SMILES string of the molecule is Cc1ncn(-c2cc(Oc3ccc(NS(=O)(=O)c4ccc(C(F)(F)F)cc4)cc3)ncn2)c1C. The lowest BCUT2D eigenvalue weighted by Gasteiger charge is -2.11. The van der Waals surface area contributed by atoms with E-state index in [1.807, 2.05) is 13.8 Å². The molecule has 0 atom stereocenters. The molecule has 34 heavy (non-hydrogen) atoms. The van der Waals surface area contributed by atoms with Crippen LogP contribution in [0, 0.1) is 13.8 Å². The largest absolute Gasteiger partial charge is 0.439 e. The van der Waals surface area contributed by atoms with Gasteiger partial charge in [0.25, 0.3) is 10.0 Å². The van der Waals surface area contributed by atoms with E-state index >= 15 is 0 Å². The van der Waals surface area contributed by atoms with E-state index in [4.69, 9.17) is 4.74 Å². The van der Waals surface area contributed by atoms with E-state index in [-0.39, 0.29) is 16.5 Å². The molecule has 4 aromatic rings. The minimum atomic E-state index is -4.55. The van der Waals surface area contributed by atoms with Crippen molar-refractivity contribution in [2.24, 2.45) is 0 Å². The molecule has 0 amide bonds. The van der Waals surface area contributed by atoms with Gasteiger partial charge < -0.3 is 4.74 Å². The van der Waals surface area contributed by atoms with Gasteiger partial charge in [-0.1, -0.05) is 0 Å². The second-order valence-corrected chi connectivity index (χ2v) is 8.94. The quantitative estimate of drug-likeness (QED) is 0.414. The zero-order valence-corrected chi connectivity index (χ0v) is 18.7. The fourth-order valence-corrected chi connectivity index (χ4v) is 4.05. The molecular weight excluding hydrogens is 471 g/mol. The van der Waals surface area contributed by atoms with Gasteiger partial charge in [-0.3, -0.25) is 9.29 Å². The summed E-state index contributed by atoms with van der Waals surface area (Å²) in [4.78, 5) is 12.2. The van der Waals surface area contributed by atoms with Gasteiger partial charge in [-0.15, -0.1) is 0 Å². The van der Waals surface area contributed by atoms with Crippen molar-refractivity contribution in [2.75, 3.05) is 4.72 Å². The molecule has 0 spiro atoms. The highest BCUT2D eigenvalue weighted by molar-refractivity contribution is 7.92. The highest BCUT2D eigenvalue weighted by atomic mass is 32.2. The van der Waals surface area contributed by atoms with Gasteiger partial charge in [0.1, 0.15) is 24.2 Å². The molecule has 0 radical (unpaired) electrons. The molecule has 2 heterocycles. The van der Waals surface area contributed by atoms with Crippen LogP contribution in [0.15, 0.2) is 72.1 Å². The maximum Gasteiger partial charge on any atom is 0.416 e. The third-order valence-corrected chi connectivity index (χ3v) is 6.34. The number of benzene rings is 2. The summed E-state index contributed by atoms with van der Waals surface area (Å²) in [7, 11) is -4.07. The summed E-state index contributed by atoms with van der Waals surface area (Å²) in [6.45, 7) is 3.80. The van der Waals surface area contributed by atoms with E-state index in [0.717, 1.165) is 23.5 Å². The normalized spacial score (nSPS) is 11.9. The second-order valence-electron chi connectivity index (χ2n) is 7.25. The van der Waals surface area contributed by atoms with E-state index in [1.54, 1.807) is 17.0 Å². The van der Waals surface area contributed by atoms with Crippen LogP contribution in [0.5, 0.6) is 11.6 Å². The predicted octanol–water partition coefficient (Wildman–Crippen LogP) is 4.89. The molecule has 8 nitrogen and oxygen atoms in total. The van der Waals surface area contributed by atoms with Crippen LogP contribution < -0.4 is 9.46 Å². The predicted molar refractivity (Wildman–Crippen MR) is 117 cm³/mol. The molecule has 0 aliphatic heterocycles. The number of alkyl halides is 3. The lowest BCUT2D eigenvalue weighted by molar-refractivity contribution is -0.137. The minimum Gasteiger partial charge on any atom is -0.439 e. The van der Waals surface area contributed by atoms with Crippen LogP contribution in [0.25, 0.3) is 5.82 Å². The average molecular weight is 489 g/mol. The Kier molecular flexibility index (Phi) is 6.00. The Balaban J connectivity index is 1.46. The number of aromatic nitrogens is 4. The van der Waals surface area contributed by atoms with Gasteiger partial charge in [0, 0.05) is 17.4 Å². The monoisotopic (exact) mass is 489 g/mol. The number of aryl methyl sites for hydroxylation is 1. The van der Waals surface area contributed by atoms with E-state index in [0.29, 0.717) is 23.7 Å². The Morgan fingerprint density at radius 3 is 2.21 bits per heavy atom. The average Bonchev–Trinajstić information content (AvgIpc) is 3.13. The Labute approximate surface area is 193 Å². The molecule has 0 fully saturated rings. The first-order chi connectivity index (χ1) is 16.0. The molecule has 4 rings (SSSR count). The number of nitrogens with zero attached hydrogens (tertiary/aromatic N) is 4. The summed E-state index contributed by atoms with van der Waals surface area (Å²) in [6.07, 6.45) is -1.55. The number of rotatable bonds is 6. The van der Waals surface area contributed by atoms with Crippen LogP contribution in [-0.2, 0) is 16.2 Å². The first-order valence-electron chi connectivity index (χ1n) is 9.84. The van der Waals surface area contributed by atoms with Crippen LogP contribution in [0.2, 0.25) is 0 Å². The molecule has 2 aromatic heterocycles. The molecule has 12 heteroatoms. The zero-order chi connectivity index (χ0) is 24.5. The van der Waals surface area contributed by atoms with Gasteiger partial charge in [-0.25, -0.2) is 23.4 Å². The Bertz CT molecular complexity index is 1420. The third kappa shape index (κ3) is 5.01. The number of hydrogen-bond donors (Lipinski definition) is 1. The number of anilines is 1. The maximum absolute atomic E-state index is 12.7. The first kappa shape index (κ1) is 23.2. The lowest BCUT2D eigenvalue weighted by Crippen LogP contribution is -2.13. The molecule has 2 aromatic carbocycles. The highest BCUT2D eigenvalue weighted by Gasteiger charge is 2.30. The van der Waals surface area contributed by atoms with Crippen molar-refractivity contribution in [1.82, 2.24) is 19.5 Å². The standard InChI is InChI=1S/C22H18F3N5O3S/c1-14-15(2)30(13-28-14)20-11-21(27-12-26-20)33-18-7-5-17(6-8-18)29-34(31,32)19-9-3-16(4-10-19)22(23,24)25/h3-13,29H,1-2H3. The van der Waals surface area contributed by atoms with E-state index in [1.165, 1.54) is 30.6 Å². The number of ether oxygens (including phenoxy) is 1. The molecule has 0 aliphatic rings. The van der Waals surface area contributed by atoms with Gasteiger partial charge in [-0.2, -0.15) is 13.2 Å². The number of sulfonamides is 1. The molecule has 176 valence electrons. The minimum absolute atomic E-state index is 0.208. The van der Waals surface area contributed by atoms with Crippen molar-refractivity contribution in [3.63, 3.8) is 0 Å². The van der Waals surface area contributed by atoms with Crippen LogP contribution in [0.1, 0.15) is 17.0 Å². The second kappa shape index (κ2) is 8.78. The van der Waals surface area contributed by atoms with Gasteiger partial charge in [0.2, 0.25) is 5.88 Å². The summed E-state index contributed by atoms with van der Waals surface area (Å²) < 4.78 is 72.9. The fourth-order valence-electron chi connectivity index (χ4n) is 3.00. The number of imidazole rings is 1. The van der Waals surface area contributed by atoms with Gasteiger partial charge in [0.05, 0.1) is 16.2 Å². The smallest absolute Gasteiger partial charge is 0.416 e. The number of halogens is 3. The highest BCUT2D eigenvalue weighted by Crippen LogP contribution is 2.30. The van der Waals surface area contributed by atoms with Crippen LogP contribution >= 0.6 is 0 Å². The summed E-state index contributed by atoms with van der Waals surface area (Å²) in [5.41, 5.74) is 1.07. The zero-order valence-electron chi connectivity index (χ0n) is 17.9. The first-order valence-corrected chi connectivity index (χ1v) is 11.3. The Morgan fingerprint density at radius 2 is 1.62 bits per heavy atom. The lowest BCUT2D eigenvalue weighted by atomic mass is 10.2. The van der Waals surface area contributed by atoms with Crippen molar-refractivity contribution in [3.05, 3.63) is 84.2 Å². The molecule has 0 bridgehead atoms. The summed E-state index contributed by atoms with van der Waals surface area (Å²) in [5, 5.41) is 0. The molecule has 0 saturated carbocycles. The Hall–Kier alpha value is -3.93. The van der Waals surface area contributed by atoms with Crippen LogP contribution in [0.4, 0.5) is 18.9 Å². The van der Waals surface area contributed by atoms with Crippen LogP contribution in [0.3, 0.4) is 0 Å². The van der Waals surface area contributed by atoms with Crippen molar-refractivity contribution in [2.45, 2.75) is 24.9 Å². The van der Waals surface area contributed by atoms with Gasteiger partial charge in [0.15, 0.2) is 0 Å². The summed E-state index contributed by atoms with van der Waals surface area (Å²) in [6, 6.07) is 10.8.